The summed E-state index contributed by atoms with van der Waals surface area (Å²) in [4.78, 5) is 11.5. The van der Waals surface area contributed by atoms with Crippen LogP contribution in [0.15, 0.2) is 6.33 Å². The van der Waals surface area contributed by atoms with Gasteiger partial charge in [-0.1, -0.05) is 0 Å². The third kappa shape index (κ3) is 4.90. The maximum atomic E-state index is 11.5. The van der Waals surface area contributed by atoms with Gasteiger partial charge < -0.3 is 10.4 Å². The molecule has 17 heavy (non-hydrogen) atoms. The van der Waals surface area contributed by atoms with E-state index < -0.39 is 5.60 Å². The smallest absolute Gasteiger partial charge is 0.220 e. The number of aliphatic hydroxyl groups is 1. The molecule has 0 aliphatic carbocycles. The SMILES string of the molecule is C[C@H](NC(=O)CCCn1cnnn1)C(C)(C)O. The second kappa shape index (κ2) is 5.72. The molecule has 0 bridgehead atoms. The van der Waals surface area contributed by atoms with Crippen molar-refractivity contribution < 1.29 is 9.90 Å². The predicted octanol–water partition coefficient (Wildman–Crippen LogP) is -0.271. The van der Waals surface area contributed by atoms with Crippen molar-refractivity contribution in [1.29, 1.82) is 0 Å². The minimum atomic E-state index is -0.911. The van der Waals surface area contributed by atoms with E-state index >= 15 is 0 Å². The fourth-order valence-electron chi connectivity index (χ4n) is 1.17. The topological polar surface area (TPSA) is 92.9 Å². The number of hydrogen-bond donors (Lipinski definition) is 2. The summed E-state index contributed by atoms with van der Waals surface area (Å²) in [6, 6.07) is -0.275. The first-order valence-corrected chi connectivity index (χ1v) is 5.62. The average molecular weight is 241 g/mol. The van der Waals surface area contributed by atoms with Crippen LogP contribution in [-0.4, -0.2) is 42.9 Å². The molecule has 1 rings (SSSR count). The molecule has 0 aromatic carbocycles. The van der Waals surface area contributed by atoms with Gasteiger partial charge >= 0.3 is 0 Å². The zero-order valence-electron chi connectivity index (χ0n) is 10.4. The lowest BCUT2D eigenvalue weighted by atomic mass is 10.0. The predicted molar refractivity (Wildman–Crippen MR) is 61.0 cm³/mol. The summed E-state index contributed by atoms with van der Waals surface area (Å²) in [5, 5.41) is 23.1. The van der Waals surface area contributed by atoms with Gasteiger partial charge in [0.25, 0.3) is 0 Å². The van der Waals surface area contributed by atoms with Gasteiger partial charge in [-0.15, -0.1) is 5.10 Å². The highest BCUT2D eigenvalue weighted by atomic mass is 16.3. The van der Waals surface area contributed by atoms with Crippen LogP contribution in [0.2, 0.25) is 0 Å². The van der Waals surface area contributed by atoms with E-state index in [1.54, 1.807) is 25.5 Å². The number of carbonyl (C=O) groups is 1. The third-order valence-electron chi connectivity index (χ3n) is 2.62. The highest BCUT2D eigenvalue weighted by Gasteiger charge is 2.23. The minimum Gasteiger partial charge on any atom is -0.388 e. The highest BCUT2D eigenvalue weighted by Crippen LogP contribution is 2.07. The van der Waals surface area contributed by atoms with E-state index in [9.17, 15) is 9.90 Å². The molecule has 96 valence electrons. The second-order valence-electron chi connectivity index (χ2n) is 4.62. The minimum absolute atomic E-state index is 0.0762. The maximum absolute atomic E-state index is 11.5. The molecule has 0 spiro atoms. The zero-order chi connectivity index (χ0) is 12.9. The number of aryl methyl sites for hydroxylation is 1. The lowest BCUT2D eigenvalue weighted by molar-refractivity contribution is -0.123. The Kier molecular flexibility index (Phi) is 4.56. The van der Waals surface area contributed by atoms with Crippen molar-refractivity contribution in [3.63, 3.8) is 0 Å². The van der Waals surface area contributed by atoms with Gasteiger partial charge in [-0.2, -0.15) is 0 Å². The van der Waals surface area contributed by atoms with Crippen molar-refractivity contribution in [3.05, 3.63) is 6.33 Å². The van der Waals surface area contributed by atoms with Crippen molar-refractivity contribution in [1.82, 2.24) is 25.5 Å². The molecule has 7 nitrogen and oxygen atoms in total. The Morgan fingerprint density at radius 1 is 1.59 bits per heavy atom. The first kappa shape index (κ1) is 13.6. The number of hydrogen-bond acceptors (Lipinski definition) is 5. The van der Waals surface area contributed by atoms with Gasteiger partial charge in [-0.05, 0) is 37.6 Å². The van der Waals surface area contributed by atoms with E-state index in [1.807, 2.05) is 0 Å². The maximum Gasteiger partial charge on any atom is 0.220 e. The number of nitrogens with zero attached hydrogens (tertiary/aromatic N) is 4. The summed E-state index contributed by atoms with van der Waals surface area (Å²) >= 11 is 0. The molecule has 1 aromatic rings. The molecule has 1 heterocycles. The van der Waals surface area contributed by atoms with Gasteiger partial charge in [-0.25, -0.2) is 4.68 Å². The van der Waals surface area contributed by atoms with Gasteiger partial charge in [0.15, 0.2) is 0 Å². The first-order chi connectivity index (χ1) is 7.89. The molecule has 0 unspecified atom stereocenters. The fourth-order valence-corrected chi connectivity index (χ4v) is 1.17. The molecule has 0 saturated carbocycles. The summed E-state index contributed by atoms with van der Waals surface area (Å²) in [5.41, 5.74) is -0.911. The van der Waals surface area contributed by atoms with Crippen molar-refractivity contribution in [2.75, 3.05) is 0 Å². The Bertz CT molecular complexity index is 344. The normalized spacial score (nSPS) is 13.4. The summed E-state index contributed by atoms with van der Waals surface area (Å²) in [5.74, 6) is -0.0762. The molecule has 0 saturated heterocycles. The summed E-state index contributed by atoms with van der Waals surface area (Å²) in [6.07, 6.45) is 2.56. The van der Waals surface area contributed by atoms with Gasteiger partial charge in [0.2, 0.25) is 5.91 Å². The quantitative estimate of drug-likeness (QED) is 0.715. The number of carbonyl (C=O) groups excluding carboxylic acids is 1. The third-order valence-corrected chi connectivity index (χ3v) is 2.62. The number of rotatable bonds is 6. The molecular weight excluding hydrogens is 222 g/mol. The largest absolute Gasteiger partial charge is 0.388 e. The number of aromatic nitrogens is 4. The monoisotopic (exact) mass is 241 g/mol. The van der Waals surface area contributed by atoms with Gasteiger partial charge in [0.05, 0.1) is 11.6 Å². The summed E-state index contributed by atoms with van der Waals surface area (Å²) < 4.78 is 1.58. The van der Waals surface area contributed by atoms with E-state index in [4.69, 9.17) is 0 Å². The van der Waals surface area contributed by atoms with Crippen LogP contribution >= 0.6 is 0 Å². The standard InChI is InChI=1S/C10H19N5O2/c1-8(10(2,3)17)12-9(16)5-4-6-15-7-11-13-14-15/h7-8,17H,4-6H2,1-3H3,(H,12,16)/t8-/m0/s1. The van der Waals surface area contributed by atoms with Crippen LogP contribution in [0.25, 0.3) is 0 Å². The summed E-state index contributed by atoms with van der Waals surface area (Å²) in [6.45, 7) is 5.72. The van der Waals surface area contributed by atoms with Crippen LogP contribution < -0.4 is 5.32 Å². The van der Waals surface area contributed by atoms with Crippen LogP contribution in [0.4, 0.5) is 0 Å². The van der Waals surface area contributed by atoms with Crippen LogP contribution in [-0.2, 0) is 11.3 Å². The summed E-state index contributed by atoms with van der Waals surface area (Å²) in [7, 11) is 0. The van der Waals surface area contributed by atoms with Crippen LogP contribution in [0.5, 0.6) is 0 Å². The molecule has 1 aromatic heterocycles. The van der Waals surface area contributed by atoms with Crippen LogP contribution in [0.3, 0.4) is 0 Å². The zero-order valence-corrected chi connectivity index (χ0v) is 10.4. The van der Waals surface area contributed by atoms with Crippen molar-refractivity contribution in [2.45, 2.75) is 51.8 Å². The number of nitrogens with one attached hydrogen (secondary N) is 1. The second-order valence-corrected chi connectivity index (χ2v) is 4.62. The van der Waals surface area contributed by atoms with E-state index in [1.165, 1.54) is 6.33 Å². The molecule has 1 amide bonds. The Labute approximate surface area is 100 Å². The molecule has 0 radical (unpaired) electrons. The van der Waals surface area contributed by atoms with Gasteiger partial charge in [0.1, 0.15) is 6.33 Å². The van der Waals surface area contributed by atoms with E-state index in [-0.39, 0.29) is 11.9 Å². The van der Waals surface area contributed by atoms with E-state index in [0.29, 0.717) is 19.4 Å². The molecule has 7 heteroatoms. The lowest BCUT2D eigenvalue weighted by Gasteiger charge is -2.26. The Balaban J connectivity index is 2.22. The molecular formula is C10H19N5O2. The number of tetrazole rings is 1. The molecule has 2 N–H and O–H groups in total. The highest BCUT2D eigenvalue weighted by molar-refractivity contribution is 5.76. The Morgan fingerprint density at radius 2 is 2.29 bits per heavy atom. The van der Waals surface area contributed by atoms with Gasteiger partial charge in [-0.3, -0.25) is 4.79 Å². The van der Waals surface area contributed by atoms with Gasteiger partial charge in [0, 0.05) is 13.0 Å². The molecule has 0 fully saturated rings. The first-order valence-electron chi connectivity index (χ1n) is 5.62. The van der Waals surface area contributed by atoms with Crippen molar-refractivity contribution >= 4 is 5.91 Å². The average Bonchev–Trinajstić information content (AvgIpc) is 2.69. The Morgan fingerprint density at radius 3 is 2.82 bits per heavy atom. The Hall–Kier alpha value is -1.50. The fraction of sp³-hybridized carbons (Fsp3) is 0.800. The van der Waals surface area contributed by atoms with Crippen molar-refractivity contribution in [3.8, 4) is 0 Å². The lowest BCUT2D eigenvalue weighted by Crippen LogP contribution is -2.47. The van der Waals surface area contributed by atoms with Crippen molar-refractivity contribution in [2.24, 2.45) is 0 Å². The molecule has 1 atom stereocenters. The number of amides is 1. The van der Waals surface area contributed by atoms with Crippen LogP contribution in [0.1, 0.15) is 33.6 Å². The van der Waals surface area contributed by atoms with Crippen LogP contribution in [0, 0.1) is 0 Å². The van der Waals surface area contributed by atoms with E-state index in [0.717, 1.165) is 0 Å². The molecule has 0 aliphatic heterocycles. The van der Waals surface area contributed by atoms with E-state index in [2.05, 4.69) is 20.8 Å². The molecule has 0 aliphatic rings.